The van der Waals surface area contributed by atoms with Crippen LogP contribution in [0.2, 0.25) is 5.02 Å². The number of carbonyl (C=O) groups excluding carboxylic acids is 1. The van der Waals surface area contributed by atoms with Crippen molar-refractivity contribution in [2.24, 2.45) is 7.05 Å². The van der Waals surface area contributed by atoms with Gasteiger partial charge in [0, 0.05) is 18.8 Å². The maximum atomic E-state index is 11.3. The minimum absolute atomic E-state index is 0.123. The predicted octanol–water partition coefficient (Wildman–Crippen LogP) is 1.13. The molecule has 14 heavy (non-hydrogen) atoms. The highest BCUT2D eigenvalue weighted by Gasteiger charge is 2.16. The van der Waals surface area contributed by atoms with Crippen LogP contribution in [0.1, 0.15) is 16.1 Å². The molecule has 0 bridgehead atoms. The average molecular weight is 216 g/mol. The number of methoxy groups -OCH3 is 1. The summed E-state index contributed by atoms with van der Waals surface area (Å²) in [5, 5.41) is 0.123. The lowest BCUT2D eigenvalue weighted by atomic mass is 10.2. The molecule has 0 atom stereocenters. The molecule has 5 heteroatoms. The lowest BCUT2D eigenvalue weighted by Gasteiger charge is -2.09. The summed E-state index contributed by atoms with van der Waals surface area (Å²) in [4.78, 5) is 22.5. The summed E-state index contributed by atoms with van der Waals surface area (Å²) >= 11 is 5.77. The number of hydrogen-bond donors (Lipinski definition) is 0. The van der Waals surface area contributed by atoms with Crippen molar-refractivity contribution >= 4 is 17.6 Å². The van der Waals surface area contributed by atoms with Crippen LogP contribution in [0.3, 0.4) is 0 Å². The van der Waals surface area contributed by atoms with E-state index in [2.05, 4.69) is 4.74 Å². The highest BCUT2D eigenvalue weighted by Crippen LogP contribution is 2.17. The quantitative estimate of drug-likeness (QED) is 0.660. The van der Waals surface area contributed by atoms with E-state index in [4.69, 9.17) is 11.6 Å². The van der Waals surface area contributed by atoms with Crippen LogP contribution < -0.4 is 5.56 Å². The van der Waals surface area contributed by atoms with Crippen molar-refractivity contribution in [3.05, 3.63) is 32.7 Å². The largest absolute Gasteiger partial charge is 0.465 e. The van der Waals surface area contributed by atoms with Gasteiger partial charge in [-0.25, -0.2) is 4.79 Å². The molecule has 1 aromatic rings. The highest BCUT2D eigenvalue weighted by atomic mass is 35.5. The zero-order valence-electron chi connectivity index (χ0n) is 8.13. The Kier molecular flexibility index (Phi) is 2.96. The molecular weight excluding hydrogens is 206 g/mol. The van der Waals surface area contributed by atoms with Crippen LogP contribution >= 0.6 is 11.6 Å². The Morgan fingerprint density at radius 3 is 2.64 bits per heavy atom. The summed E-state index contributed by atoms with van der Waals surface area (Å²) in [5.74, 6) is -0.539. The molecule has 0 unspecified atom stereocenters. The number of pyridine rings is 1. The van der Waals surface area contributed by atoms with Crippen molar-refractivity contribution in [3.8, 4) is 0 Å². The molecule has 0 saturated carbocycles. The van der Waals surface area contributed by atoms with Crippen LogP contribution in [0.4, 0.5) is 0 Å². The van der Waals surface area contributed by atoms with Crippen molar-refractivity contribution in [2.45, 2.75) is 6.92 Å². The lowest BCUT2D eigenvalue weighted by molar-refractivity contribution is 0.0599. The topological polar surface area (TPSA) is 48.3 Å². The number of halogens is 1. The molecule has 0 aliphatic heterocycles. The molecule has 1 rings (SSSR count). The van der Waals surface area contributed by atoms with Gasteiger partial charge in [-0.15, -0.1) is 0 Å². The first kappa shape index (κ1) is 10.8. The van der Waals surface area contributed by atoms with E-state index < -0.39 is 5.97 Å². The van der Waals surface area contributed by atoms with Crippen molar-refractivity contribution in [2.75, 3.05) is 7.11 Å². The third-order valence-corrected chi connectivity index (χ3v) is 2.37. The van der Waals surface area contributed by atoms with Crippen LogP contribution in [0.5, 0.6) is 0 Å². The molecule has 1 heterocycles. The second kappa shape index (κ2) is 3.84. The fourth-order valence-corrected chi connectivity index (χ4v) is 1.44. The van der Waals surface area contributed by atoms with Crippen molar-refractivity contribution in [1.82, 2.24) is 4.57 Å². The van der Waals surface area contributed by atoms with E-state index in [1.807, 2.05) is 0 Å². The zero-order chi connectivity index (χ0) is 10.9. The van der Waals surface area contributed by atoms with Crippen LogP contribution in [0.15, 0.2) is 10.9 Å². The molecule has 1 aromatic heterocycles. The van der Waals surface area contributed by atoms with Gasteiger partial charge in [0.2, 0.25) is 0 Å². The number of rotatable bonds is 1. The Morgan fingerprint density at radius 2 is 2.14 bits per heavy atom. The third-order valence-electron chi connectivity index (χ3n) is 2.07. The Morgan fingerprint density at radius 1 is 1.57 bits per heavy atom. The SMILES string of the molecule is COC(=O)c1c(Cl)cc(=O)n(C)c1C. The number of esters is 1. The van der Waals surface area contributed by atoms with Gasteiger partial charge in [-0.1, -0.05) is 11.6 Å². The van der Waals surface area contributed by atoms with E-state index >= 15 is 0 Å². The Hall–Kier alpha value is -1.29. The second-order valence-electron chi connectivity index (χ2n) is 2.84. The van der Waals surface area contributed by atoms with Crippen LogP contribution in [-0.2, 0) is 11.8 Å². The fraction of sp³-hybridized carbons (Fsp3) is 0.333. The third kappa shape index (κ3) is 1.65. The summed E-state index contributed by atoms with van der Waals surface area (Å²) in [6, 6.07) is 1.20. The van der Waals surface area contributed by atoms with E-state index in [0.717, 1.165) is 0 Å². The van der Waals surface area contributed by atoms with Crippen LogP contribution in [-0.4, -0.2) is 17.6 Å². The fourth-order valence-electron chi connectivity index (χ4n) is 1.13. The molecule has 0 radical (unpaired) electrons. The summed E-state index contributed by atoms with van der Waals surface area (Å²) in [7, 11) is 2.84. The van der Waals surface area contributed by atoms with Crippen molar-refractivity contribution in [1.29, 1.82) is 0 Å². The van der Waals surface area contributed by atoms with Gasteiger partial charge in [-0.05, 0) is 6.92 Å². The molecule has 76 valence electrons. The highest BCUT2D eigenvalue weighted by molar-refractivity contribution is 6.33. The molecule has 0 saturated heterocycles. The number of carbonyl (C=O) groups is 1. The molecule has 0 N–H and O–H groups in total. The molecule has 0 aromatic carbocycles. The molecule has 4 nitrogen and oxygen atoms in total. The van der Waals surface area contributed by atoms with Gasteiger partial charge in [-0.2, -0.15) is 0 Å². The Balaban J connectivity index is 3.52. The summed E-state index contributed by atoms with van der Waals surface area (Å²) in [5.41, 5.74) is 0.478. The maximum Gasteiger partial charge on any atom is 0.341 e. The molecule has 0 amide bonds. The molecule has 0 fully saturated rings. The number of hydrogen-bond acceptors (Lipinski definition) is 3. The zero-order valence-corrected chi connectivity index (χ0v) is 8.88. The van der Waals surface area contributed by atoms with Crippen molar-refractivity contribution in [3.63, 3.8) is 0 Å². The Bertz CT molecular complexity index is 436. The van der Waals surface area contributed by atoms with Crippen LogP contribution in [0.25, 0.3) is 0 Å². The maximum absolute atomic E-state index is 11.3. The van der Waals surface area contributed by atoms with Gasteiger partial charge in [0.1, 0.15) is 0 Å². The van der Waals surface area contributed by atoms with Gasteiger partial charge < -0.3 is 9.30 Å². The van der Waals surface area contributed by atoms with E-state index in [-0.39, 0.29) is 16.1 Å². The van der Waals surface area contributed by atoms with E-state index in [1.165, 1.54) is 17.7 Å². The van der Waals surface area contributed by atoms with Gasteiger partial charge in [0.25, 0.3) is 5.56 Å². The standard InChI is InChI=1S/C9H10ClNO3/c1-5-8(9(13)14-3)6(10)4-7(12)11(5)2/h4H,1-3H3. The lowest BCUT2D eigenvalue weighted by Crippen LogP contribution is -2.22. The van der Waals surface area contributed by atoms with Crippen LogP contribution in [0, 0.1) is 6.92 Å². The molecular formula is C9H10ClNO3. The van der Waals surface area contributed by atoms with Crippen molar-refractivity contribution < 1.29 is 9.53 Å². The normalized spacial score (nSPS) is 10.0. The molecule has 0 aliphatic carbocycles. The smallest absolute Gasteiger partial charge is 0.341 e. The first-order chi connectivity index (χ1) is 6.49. The van der Waals surface area contributed by atoms with Gasteiger partial charge in [0.15, 0.2) is 0 Å². The molecule has 0 spiro atoms. The minimum atomic E-state index is -0.539. The molecule has 0 aliphatic rings. The minimum Gasteiger partial charge on any atom is -0.465 e. The summed E-state index contributed by atoms with van der Waals surface area (Å²) in [6.45, 7) is 1.64. The van der Waals surface area contributed by atoms with Gasteiger partial charge in [0.05, 0.1) is 17.7 Å². The number of aromatic nitrogens is 1. The monoisotopic (exact) mass is 215 g/mol. The first-order valence-corrected chi connectivity index (χ1v) is 4.31. The average Bonchev–Trinajstić information content (AvgIpc) is 2.14. The van der Waals surface area contributed by atoms with E-state index in [0.29, 0.717) is 5.69 Å². The summed E-state index contributed by atoms with van der Waals surface area (Å²) in [6.07, 6.45) is 0. The van der Waals surface area contributed by atoms with E-state index in [1.54, 1.807) is 14.0 Å². The number of nitrogens with zero attached hydrogens (tertiary/aromatic N) is 1. The Labute approximate surface area is 86.1 Å². The number of ether oxygens (including phenoxy) is 1. The first-order valence-electron chi connectivity index (χ1n) is 3.93. The van der Waals surface area contributed by atoms with Gasteiger partial charge in [-0.3, -0.25) is 4.79 Å². The van der Waals surface area contributed by atoms with Gasteiger partial charge >= 0.3 is 5.97 Å². The second-order valence-corrected chi connectivity index (χ2v) is 3.25. The summed E-state index contributed by atoms with van der Waals surface area (Å²) < 4.78 is 5.90. The van der Waals surface area contributed by atoms with E-state index in [9.17, 15) is 9.59 Å². The predicted molar refractivity (Wildman–Crippen MR) is 52.8 cm³/mol.